The molecular formula is C15H23N5O3. The molecule has 1 aromatic heterocycles. The fourth-order valence-electron chi connectivity index (χ4n) is 2.63. The first-order valence-electron chi connectivity index (χ1n) is 8.07. The molecule has 3 rings (SSSR count). The van der Waals surface area contributed by atoms with Crippen LogP contribution in [-0.4, -0.2) is 67.1 Å². The fourth-order valence-corrected chi connectivity index (χ4v) is 2.63. The van der Waals surface area contributed by atoms with Gasteiger partial charge in [0.25, 0.3) is 5.91 Å². The Balaban J connectivity index is 1.50. The van der Waals surface area contributed by atoms with Gasteiger partial charge in [0.05, 0.1) is 0 Å². The molecule has 1 unspecified atom stereocenters. The van der Waals surface area contributed by atoms with Crippen molar-refractivity contribution in [1.29, 1.82) is 0 Å². The summed E-state index contributed by atoms with van der Waals surface area (Å²) in [4.78, 5) is 21.7. The van der Waals surface area contributed by atoms with Crippen molar-refractivity contribution >= 4 is 11.7 Å². The summed E-state index contributed by atoms with van der Waals surface area (Å²) < 4.78 is 5.39. The van der Waals surface area contributed by atoms with Gasteiger partial charge in [0.2, 0.25) is 0 Å². The Morgan fingerprint density at radius 2 is 2.09 bits per heavy atom. The topological polar surface area (TPSA) is 79.8 Å². The Bertz CT molecular complexity index is 510. The highest BCUT2D eigenvalue weighted by atomic mass is 16.8. The third kappa shape index (κ3) is 4.37. The number of carbonyl (C=O) groups excluding carboxylic acids is 1. The summed E-state index contributed by atoms with van der Waals surface area (Å²) in [7, 11) is 2.10. The maximum Gasteiger partial charge on any atom is 0.295 e. The van der Waals surface area contributed by atoms with Crippen LogP contribution in [0.2, 0.25) is 0 Å². The summed E-state index contributed by atoms with van der Waals surface area (Å²) in [6, 6.07) is 3.49. The van der Waals surface area contributed by atoms with E-state index in [1.807, 2.05) is 6.07 Å². The van der Waals surface area contributed by atoms with Crippen LogP contribution in [0.15, 0.2) is 12.1 Å². The van der Waals surface area contributed by atoms with Gasteiger partial charge in [-0.05, 0) is 32.0 Å². The molecule has 0 aromatic carbocycles. The van der Waals surface area contributed by atoms with Crippen LogP contribution in [0.4, 0.5) is 5.82 Å². The molecular weight excluding hydrogens is 298 g/mol. The number of aromatic nitrogens is 2. The molecule has 23 heavy (non-hydrogen) atoms. The molecule has 8 nitrogen and oxygen atoms in total. The molecule has 2 saturated heterocycles. The lowest BCUT2D eigenvalue weighted by atomic mass is 10.2. The SMILES string of the molecule is CN1CCN(c2ccc(C(=O)NOC3CCCCO3)nn2)CC1. The molecule has 0 bridgehead atoms. The minimum absolute atomic E-state index is 0.235. The number of amides is 1. The van der Waals surface area contributed by atoms with E-state index in [1.165, 1.54) is 0 Å². The van der Waals surface area contributed by atoms with E-state index in [0.29, 0.717) is 6.61 Å². The van der Waals surface area contributed by atoms with Crippen molar-refractivity contribution in [2.45, 2.75) is 25.6 Å². The van der Waals surface area contributed by atoms with Gasteiger partial charge in [-0.15, -0.1) is 10.2 Å². The molecule has 0 radical (unpaired) electrons. The van der Waals surface area contributed by atoms with Gasteiger partial charge in [0.15, 0.2) is 17.8 Å². The van der Waals surface area contributed by atoms with Crippen LogP contribution in [0.5, 0.6) is 0 Å². The van der Waals surface area contributed by atoms with Crippen molar-refractivity contribution < 1.29 is 14.4 Å². The molecule has 1 amide bonds. The van der Waals surface area contributed by atoms with Crippen molar-refractivity contribution in [1.82, 2.24) is 20.6 Å². The molecule has 0 spiro atoms. The molecule has 1 atom stereocenters. The second kappa shape index (κ2) is 7.67. The second-order valence-electron chi connectivity index (χ2n) is 5.91. The first kappa shape index (κ1) is 16.1. The number of anilines is 1. The Labute approximate surface area is 135 Å². The number of hydrogen-bond acceptors (Lipinski definition) is 7. The Hall–Kier alpha value is -1.77. The van der Waals surface area contributed by atoms with E-state index in [4.69, 9.17) is 9.57 Å². The molecule has 0 saturated carbocycles. The van der Waals surface area contributed by atoms with Crippen molar-refractivity contribution in [2.24, 2.45) is 0 Å². The minimum Gasteiger partial charge on any atom is -0.353 e. The maximum atomic E-state index is 12.0. The third-order valence-electron chi connectivity index (χ3n) is 4.13. The zero-order chi connectivity index (χ0) is 16.1. The predicted molar refractivity (Wildman–Crippen MR) is 83.9 cm³/mol. The van der Waals surface area contributed by atoms with Gasteiger partial charge >= 0.3 is 0 Å². The molecule has 1 aromatic rings. The van der Waals surface area contributed by atoms with E-state index in [9.17, 15) is 4.79 Å². The largest absolute Gasteiger partial charge is 0.353 e. The van der Waals surface area contributed by atoms with Crippen molar-refractivity contribution in [3.8, 4) is 0 Å². The summed E-state index contributed by atoms with van der Waals surface area (Å²) in [5.41, 5.74) is 2.62. The molecule has 0 aliphatic carbocycles. The van der Waals surface area contributed by atoms with E-state index in [-0.39, 0.29) is 12.0 Å². The number of carbonyl (C=O) groups is 1. The first-order chi connectivity index (χ1) is 11.2. The molecule has 2 aliphatic rings. The number of piperazine rings is 1. The summed E-state index contributed by atoms with van der Waals surface area (Å²) in [5, 5.41) is 8.15. The normalized spacial score (nSPS) is 22.8. The van der Waals surface area contributed by atoms with Gasteiger partial charge in [-0.2, -0.15) is 0 Å². The molecule has 2 fully saturated rings. The molecule has 8 heteroatoms. The van der Waals surface area contributed by atoms with Crippen molar-refractivity contribution in [3.63, 3.8) is 0 Å². The standard InChI is InChI=1S/C15H23N5O3/c1-19-7-9-20(10-8-19)13-6-5-12(16-17-13)15(21)18-23-14-4-2-3-11-22-14/h5-6,14H,2-4,7-11H2,1H3,(H,18,21). The lowest BCUT2D eigenvalue weighted by molar-refractivity contribution is -0.186. The maximum absolute atomic E-state index is 12.0. The molecule has 1 N–H and O–H groups in total. The van der Waals surface area contributed by atoms with Crippen LogP contribution < -0.4 is 10.4 Å². The highest BCUT2D eigenvalue weighted by Gasteiger charge is 2.18. The van der Waals surface area contributed by atoms with Gasteiger partial charge < -0.3 is 14.5 Å². The number of hydroxylamine groups is 1. The number of likely N-dealkylation sites (N-methyl/N-ethyl adjacent to an activating group) is 1. The molecule has 3 heterocycles. The number of nitrogens with one attached hydrogen (secondary N) is 1. The third-order valence-corrected chi connectivity index (χ3v) is 4.13. The minimum atomic E-state index is -0.406. The lowest BCUT2D eigenvalue weighted by Gasteiger charge is -2.32. The Kier molecular flexibility index (Phi) is 5.37. The zero-order valence-corrected chi connectivity index (χ0v) is 13.4. The lowest BCUT2D eigenvalue weighted by Crippen LogP contribution is -2.45. The number of hydrogen-bond donors (Lipinski definition) is 1. The summed E-state index contributed by atoms with van der Waals surface area (Å²) in [6.07, 6.45) is 2.49. The summed E-state index contributed by atoms with van der Waals surface area (Å²) in [6.45, 7) is 4.50. The highest BCUT2D eigenvalue weighted by molar-refractivity contribution is 5.91. The van der Waals surface area contributed by atoms with Gasteiger partial charge in [-0.25, -0.2) is 10.3 Å². The molecule has 126 valence electrons. The van der Waals surface area contributed by atoms with Crippen LogP contribution in [0.3, 0.4) is 0 Å². The number of ether oxygens (including phenoxy) is 1. The van der Waals surface area contributed by atoms with E-state index in [0.717, 1.165) is 51.3 Å². The van der Waals surface area contributed by atoms with Gasteiger partial charge in [-0.1, -0.05) is 0 Å². The predicted octanol–water partition coefficient (Wildman–Crippen LogP) is 0.416. The average Bonchev–Trinajstić information content (AvgIpc) is 2.61. The second-order valence-corrected chi connectivity index (χ2v) is 5.91. The van der Waals surface area contributed by atoms with Crippen LogP contribution in [-0.2, 0) is 9.57 Å². The smallest absolute Gasteiger partial charge is 0.295 e. The van der Waals surface area contributed by atoms with Crippen LogP contribution >= 0.6 is 0 Å². The van der Waals surface area contributed by atoms with Crippen molar-refractivity contribution in [2.75, 3.05) is 44.7 Å². The highest BCUT2D eigenvalue weighted by Crippen LogP contribution is 2.14. The van der Waals surface area contributed by atoms with Gasteiger partial charge in [0, 0.05) is 39.2 Å². The zero-order valence-electron chi connectivity index (χ0n) is 13.4. The van der Waals surface area contributed by atoms with E-state index >= 15 is 0 Å². The van der Waals surface area contributed by atoms with Gasteiger partial charge in [0.1, 0.15) is 0 Å². The van der Waals surface area contributed by atoms with Crippen LogP contribution in [0.25, 0.3) is 0 Å². The monoisotopic (exact) mass is 321 g/mol. The fraction of sp³-hybridized carbons (Fsp3) is 0.667. The average molecular weight is 321 g/mol. The Morgan fingerprint density at radius 1 is 1.26 bits per heavy atom. The van der Waals surface area contributed by atoms with E-state index in [1.54, 1.807) is 6.07 Å². The van der Waals surface area contributed by atoms with Crippen LogP contribution in [0.1, 0.15) is 29.8 Å². The van der Waals surface area contributed by atoms with Crippen LogP contribution in [0, 0.1) is 0 Å². The van der Waals surface area contributed by atoms with E-state index < -0.39 is 5.91 Å². The number of nitrogens with zero attached hydrogens (tertiary/aromatic N) is 4. The number of rotatable bonds is 4. The first-order valence-corrected chi connectivity index (χ1v) is 8.07. The van der Waals surface area contributed by atoms with Crippen molar-refractivity contribution in [3.05, 3.63) is 17.8 Å². The Morgan fingerprint density at radius 3 is 2.74 bits per heavy atom. The van der Waals surface area contributed by atoms with E-state index in [2.05, 4.69) is 32.5 Å². The quantitative estimate of drug-likeness (QED) is 0.805. The van der Waals surface area contributed by atoms with Gasteiger partial charge in [-0.3, -0.25) is 4.79 Å². The summed E-state index contributed by atoms with van der Waals surface area (Å²) in [5.74, 6) is 0.391. The summed E-state index contributed by atoms with van der Waals surface area (Å²) >= 11 is 0. The molecule has 2 aliphatic heterocycles.